The van der Waals surface area contributed by atoms with Crippen LogP contribution in [0.4, 0.5) is 4.39 Å². The van der Waals surface area contributed by atoms with Gasteiger partial charge in [0, 0.05) is 19.2 Å². The minimum Gasteiger partial charge on any atom is -0.480 e. The number of amides is 1. The van der Waals surface area contributed by atoms with Crippen molar-refractivity contribution in [2.75, 3.05) is 6.54 Å². The zero-order chi connectivity index (χ0) is 13.3. The van der Waals surface area contributed by atoms with Crippen LogP contribution in [0.3, 0.4) is 0 Å². The topological polar surface area (TPSA) is 90.7 Å². The molecule has 1 amide bonds. The minimum atomic E-state index is -1.21. The molecule has 0 bridgehead atoms. The van der Waals surface area contributed by atoms with Crippen molar-refractivity contribution >= 4 is 11.9 Å². The van der Waals surface area contributed by atoms with Gasteiger partial charge in [0.15, 0.2) is 5.82 Å². The summed E-state index contributed by atoms with van der Waals surface area (Å²) in [6.45, 7) is -0.114. The zero-order valence-electron chi connectivity index (χ0n) is 9.28. The Kier molecular flexibility index (Phi) is 3.24. The van der Waals surface area contributed by atoms with Gasteiger partial charge in [-0.3, -0.25) is 9.78 Å². The lowest BCUT2D eigenvalue weighted by atomic mass is 10.2. The number of rotatable bonds is 2. The molecule has 6 nitrogen and oxygen atoms in total. The molecule has 1 fully saturated rings. The van der Waals surface area contributed by atoms with E-state index >= 15 is 0 Å². The van der Waals surface area contributed by atoms with Crippen molar-refractivity contribution in [3.63, 3.8) is 0 Å². The van der Waals surface area contributed by atoms with Gasteiger partial charge < -0.3 is 15.1 Å². The number of carbonyl (C=O) groups excluding carboxylic acids is 1. The van der Waals surface area contributed by atoms with Gasteiger partial charge in [0.25, 0.3) is 5.91 Å². The molecule has 0 aliphatic carbocycles. The molecule has 1 aliphatic rings. The summed E-state index contributed by atoms with van der Waals surface area (Å²) in [7, 11) is 0. The highest BCUT2D eigenvalue weighted by molar-refractivity contribution is 5.97. The first-order chi connectivity index (χ1) is 8.50. The molecule has 0 radical (unpaired) electrons. The number of β-amino-alcohol motifs (C(OH)–C–C–N with tert-alkyl or cyclic N) is 1. The van der Waals surface area contributed by atoms with Crippen molar-refractivity contribution in [3.8, 4) is 0 Å². The van der Waals surface area contributed by atoms with Gasteiger partial charge in [0.1, 0.15) is 6.04 Å². The maximum Gasteiger partial charge on any atom is 0.326 e. The number of carboxylic acids is 1. The Morgan fingerprint density at radius 3 is 2.83 bits per heavy atom. The van der Waals surface area contributed by atoms with Crippen molar-refractivity contribution < 1.29 is 24.2 Å². The number of carbonyl (C=O) groups is 2. The van der Waals surface area contributed by atoms with Crippen molar-refractivity contribution in [2.45, 2.75) is 18.6 Å². The summed E-state index contributed by atoms with van der Waals surface area (Å²) in [6.07, 6.45) is 1.18. The molecule has 2 rings (SSSR count). The molecule has 1 aromatic heterocycles. The lowest BCUT2D eigenvalue weighted by Gasteiger charge is -2.21. The number of aliphatic carboxylic acids is 1. The molecular formula is C11H11FN2O4. The highest BCUT2D eigenvalue weighted by Gasteiger charge is 2.39. The van der Waals surface area contributed by atoms with Gasteiger partial charge in [-0.1, -0.05) is 0 Å². The molecule has 1 aliphatic heterocycles. The van der Waals surface area contributed by atoms with Crippen LogP contribution in [-0.2, 0) is 4.79 Å². The van der Waals surface area contributed by atoms with Crippen LogP contribution in [-0.4, -0.2) is 50.7 Å². The summed E-state index contributed by atoms with van der Waals surface area (Å²) >= 11 is 0. The number of aliphatic hydroxyl groups is 1. The molecule has 0 spiro atoms. The van der Waals surface area contributed by atoms with Crippen LogP contribution in [0, 0.1) is 5.82 Å². The van der Waals surface area contributed by atoms with Crippen molar-refractivity contribution in [1.29, 1.82) is 0 Å². The van der Waals surface area contributed by atoms with Crippen molar-refractivity contribution in [3.05, 3.63) is 29.8 Å². The van der Waals surface area contributed by atoms with Crippen LogP contribution in [0.25, 0.3) is 0 Å². The summed E-state index contributed by atoms with van der Waals surface area (Å²) in [5.74, 6) is -2.78. The first-order valence-electron chi connectivity index (χ1n) is 5.32. The number of hydrogen-bond acceptors (Lipinski definition) is 4. The summed E-state index contributed by atoms with van der Waals surface area (Å²) < 4.78 is 13.4. The Hall–Kier alpha value is -2.02. The van der Waals surface area contributed by atoms with E-state index in [0.29, 0.717) is 0 Å². The molecule has 1 aromatic rings. The van der Waals surface area contributed by atoms with Crippen LogP contribution in [0.5, 0.6) is 0 Å². The lowest BCUT2D eigenvalue weighted by molar-refractivity contribution is -0.141. The van der Waals surface area contributed by atoms with E-state index in [2.05, 4.69) is 4.98 Å². The van der Waals surface area contributed by atoms with Gasteiger partial charge in [0.2, 0.25) is 0 Å². The largest absolute Gasteiger partial charge is 0.480 e. The highest BCUT2D eigenvalue weighted by atomic mass is 19.1. The van der Waals surface area contributed by atoms with Crippen molar-refractivity contribution in [1.82, 2.24) is 9.88 Å². The van der Waals surface area contributed by atoms with Crippen LogP contribution in [0.1, 0.15) is 16.8 Å². The number of aromatic nitrogens is 1. The second kappa shape index (κ2) is 4.69. The maximum absolute atomic E-state index is 13.4. The van der Waals surface area contributed by atoms with Crippen LogP contribution < -0.4 is 0 Å². The standard InChI is InChI=1S/C11H11FN2O4/c12-8-4-13-2-1-7(8)10(16)14-5-6(15)3-9(14)11(17)18/h1-2,4,6,9,15H,3,5H2,(H,17,18)/t6-,9+/m1/s1. The summed E-state index contributed by atoms with van der Waals surface area (Å²) in [5, 5.41) is 18.4. The Bertz CT molecular complexity index is 494. The third-order valence-corrected chi connectivity index (χ3v) is 2.83. The molecule has 0 saturated carbocycles. The van der Waals surface area contributed by atoms with E-state index in [1.807, 2.05) is 0 Å². The highest BCUT2D eigenvalue weighted by Crippen LogP contribution is 2.21. The molecule has 1 saturated heterocycles. The molecule has 2 N–H and O–H groups in total. The second-order valence-corrected chi connectivity index (χ2v) is 4.06. The fraction of sp³-hybridized carbons (Fsp3) is 0.364. The van der Waals surface area contributed by atoms with E-state index in [4.69, 9.17) is 5.11 Å². The van der Waals surface area contributed by atoms with Crippen molar-refractivity contribution in [2.24, 2.45) is 0 Å². The Morgan fingerprint density at radius 1 is 1.50 bits per heavy atom. The Labute approximate surface area is 102 Å². The van der Waals surface area contributed by atoms with E-state index in [9.17, 15) is 19.1 Å². The SMILES string of the molecule is O=C(O)[C@@H]1C[C@@H](O)CN1C(=O)c1ccncc1F. The first kappa shape index (κ1) is 12.4. The first-order valence-corrected chi connectivity index (χ1v) is 5.32. The third kappa shape index (κ3) is 2.17. The smallest absolute Gasteiger partial charge is 0.326 e. The molecule has 2 atom stereocenters. The number of pyridine rings is 1. The van der Waals surface area contributed by atoms with Crippen LogP contribution >= 0.6 is 0 Å². The number of likely N-dealkylation sites (tertiary alicyclic amines) is 1. The number of halogens is 1. The number of nitrogens with zero attached hydrogens (tertiary/aromatic N) is 2. The average Bonchev–Trinajstić information content (AvgIpc) is 2.71. The van der Waals surface area contributed by atoms with Crippen LogP contribution in [0.15, 0.2) is 18.5 Å². The predicted molar refractivity (Wildman–Crippen MR) is 57.3 cm³/mol. The molecule has 0 unspecified atom stereocenters. The molecule has 0 aromatic carbocycles. The number of carboxylic acid groups (broad SMARTS) is 1. The molecular weight excluding hydrogens is 243 g/mol. The summed E-state index contributed by atoms with van der Waals surface area (Å²) in [4.78, 5) is 27.5. The van der Waals surface area contributed by atoms with E-state index in [-0.39, 0.29) is 18.5 Å². The van der Waals surface area contributed by atoms with E-state index in [1.165, 1.54) is 12.3 Å². The second-order valence-electron chi connectivity index (χ2n) is 4.06. The third-order valence-electron chi connectivity index (χ3n) is 2.83. The molecule has 2 heterocycles. The Balaban J connectivity index is 2.28. The van der Waals surface area contributed by atoms with Gasteiger partial charge >= 0.3 is 5.97 Å². The van der Waals surface area contributed by atoms with Gasteiger partial charge in [-0.25, -0.2) is 9.18 Å². The van der Waals surface area contributed by atoms with Gasteiger partial charge in [0.05, 0.1) is 17.9 Å². The minimum absolute atomic E-state index is 0.0478. The molecule has 7 heteroatoms. The fourth-order valence-electron chi connectivity index (χ4n) is 1.98. The number of aliphatic hydroxyl groups excluding tert-OH is 1. The van der Waals surface area contributed by atoms with Gasteiger partial charge in [-0.2, -0.15) is 0 Å². The average molecular weight is 254 g/mol. The van der Waals surface area contributed by atoms with Crippen LogP contribution in [0.2, 0.25) is 0 Å². The monoisotopic (exact) mass is 254 g/mol. The summed E-state index contributed by atoms with van der Waals surface area (Å²) in [5.41, 5.74) is -0.245. The van der Waals surface area contributed by atoms with E-state index in [0.717, 1.165) is 11.1 Å². The fourth-order valence-corrected chi connectivity index (χ4v) is 1.98. The van der Waals surface area contributed by atoms with Gasteiger partial charge in [-0.05, 0) is 6.07 Å². The molecule has 18 heavy (non-hydrogen) atoms. The normalized spacial score (nSPS) is 23.1. The van der Waals surface area contributed by atoms with E-state index < -0.39 is 29.8 Å². The quantitative estimate of drug-likeness (QED) is 0.767. The van der Waals surface area contributed by atoms with Gasteiger partial charge in [-0.15, -0.1) is 0 Å². The maximum atomic E-state index is 13.4. The number of hydrogen-bond donors (Lipinski definition) is 2. The van der Waals surface area contributed by atoms with E-state index in [1.54, 1.807) is 0 Å². The predicted octanol–water partition coefficient (Wildman–Crippen LogP) is -0.119. The summed E-state index contributed by atoms with van der Waals surface area (Å²) in [6, 6.07) is 0.0569. The lowest BCUT2D eigenvalue weighted by Crippen LogP contribution is -2.40. The zero-order valence-corrected chi connectivity index (χ0v) is 9.28. The molecule has 96 valence electrons. The Morgan fingerprint density at radius 2 is 2.22 bits per heavy atom.